The average molecular weight is 576 g/mol. The summed E-state index contributed by atoms with van der Waals surface area (Å²) >= 11 is 0. The van der Waals surface area contributed by atoms with E-state index in [0.717, 1.165) is 21.3 Å². The Hall–Kier alpha value is -4.19. The van der Waals surface area contributed by atoms with Crippen LogP contribution in [0.5, 0.6) is 11.5 Å². The van der Waals surface area contributed by atoms with Gasteiger partial charge >= 0.3 is 0 Å². The number of anilines is 1. The van der Waals surface area contributed by atoms with Crippen LogP contribution in [0.3, 0.4) is 0 Å². The highest BCUT2D eigenvalue weighted by Gasteiger charge is 2.33. The lowest BCUT2D eigenvalue weighted by atomic mass is 10.1. The van der Waals surface area contributed by atoms with E-state index < -0.39 is 46.1 Å². The molecule has 0 aliphatic rings. The fourth-order valence-electron chi connectivity index (χ4n) is 3.96. The molecule has 1 N–H and O–H groups in total. The zero-order valence-corrected chi connectivity index (χ0v) is 23.4. The number of nitrogens with one attached hydrogen (secondary N) is 1. The van der Waals surface area contributed by atoms with Gasteiger partial charge in [-0.3, -0.25) is 13.9 Å². The lowest BCUT2D eigenvalue weighted by molar-refractivity contribution is -0.139. The Labute approximate surface area is 232 Å². The van der Waals surface area contributed by atoms with Crippen molar-refractivity contribution in [3.8, 4) is 11.5 Å². The minimum Gasteiger partial charge on any atom is -0.493 e. The molecule has 40 heavy (non-hydrogen) atoms. The molecule has 3 aromatic rings. The number of hydrogen-bond donors (Lipinski definition) is 1. The van der Waals surface area contributed by atoms with E-state index in [4.69, 9.17) is 9.47 Å². The monoisotopic (exact) mass is 575 g/mol. The third kappa shape index (κ3) is 6.87. The summed E-state index contributed by atoms with van der Waals surface area (Å²) in [6.45, 7) is 2.41. The number of nitrogens with zero attached hydrogens (tertiary/aromatic N) is 2. The van der Waals surface area contributed by atoms with Gasteiger partial charge in [0, 0.05) is 24.7 Å². The molecule has 2 amide bonds. The van der Waals surface area contributed by atoms with Gasteiger partial charge in [0.1, 0.15) is 24.2 Å². The molecule has 0 spiro atoms. The fourth-order valence-corrected chi connectivity index (χ4v) is 5.39. The second kappa shape index (κ2) is 13.2. The topological polar surface area (TPSA) is 105 Å². The maximum Gasteiger partial charge on any atom is 0.264 e. The summed E-state index contributed by atoms with van der Waals surface area (Å²) in [5, 5.41) is 2.63. The van der Waals surface area contributed by atoms with E-state index in [1.165, 1.54) is 69.7 Å². The summed E-state index contributed by atoms with van der Waals surface area (Å²) in [4.78, 5) is 27.3. The third-order valence-corrected chi connectivity index (χ3v) is 7.92. The van der Waals surface area contributed by atoms with Crippen molar-refractivity contribution in [2.24, 2.45) is 0 Å². The number of ether oxygens (including phenoxy) is 2. The molecule has 9 nitrogen and oxygen atoms in total. The van der Waals surface area contributed by atoms with Crippen molar-refractivity contribution in [2.45, 2.75) is 31.3 Å². The third-order valence-electron chi connectivity index (χ3n) is 6.15. The van der Waals surface area contributed by atoms with Gasteiger partial charge < -0.3 is 19.7 Å². The summed E-state index contributed by atoms with van der Waals surface area (Å²) in [5.41, 5.74) is 0.143. The highest BCUT2D eigenvalue weighted by Crippen LogP contribution is 2.32. The van der Waals surface area contributed by atoms with E-state index in [2.05, 4.69) is 5.32 Å². The quantitative estimate of drug-likeness (QED) is 0.353. The molecule has 0 saturated heterocycles. The summed E-state index contributed by atoms with van der Waals surface area (Å²) in [7, 11) is -1.69. The van der Waals surface area contributed by atoms with Gasteiger partial charge in [-0.2, -0.15) is 0 Å². The Bertz CT molecular complexity index is 1450. The number of rotatable bonds is 12. The van der Waals surface area contributed by atoms with Crippen molar-refractivity contribution >= 4 is 27.5 Å². The fraction of sp³-hybridized carbons (Fsp3) is 0.286. The number of carbonyl (C=O) groups excluding carboxylic acids is 2. The number of hydrogen-bond acceptors (Lipinski definition) is 6. The van der Waals surface area contributed by atoms with Crippen LogP contribution in [0, 0.1) is 11.6 Å². The normalized spacial score (nSPS) is 11.8. The van der Waals surface area contributed by atoms with E-state index in [1.54, 1.807) is 13.0 Å². The van der Waals surface area contributed by atoms with Crippen LogP contribution in [0.1, 0.15) is 19.4 Å². The first-order valence-electron chi connectivity index (χ1n) is 12.3. The van der Waals surface area contributed by atoms with Crippen molar-refractivity contribution in [2.75, 3.05) is 31.6 Å². The maximum atomic E-state index is 14.5. The Morgan fingerprint density at radius 3 is 2.20 bits per heavy atom. The van der Waals surface area contributed by atoms with Crippen LogP contribution in [0.25, 0.3) is 0 Å². The van der Waals surface area contributed by atoms with Gasteiger partial charge in [-0.05, 0) is 56.3 Å². The first kappa shape index (κ1) is 30.4. The summed E-state index contributed by atoms with van der Waals surface area (Å²) in [5.74, 6) is -2.04. The standard InChI is InChI=1S/C28H31F2N3O6S/c1-5-31-28(35)19(2)32(17-20-8-6-7-9-24(20)30)27(34)18-33(22-12-10-21(29)11-13-22)40(36,37)23-14-15-25(38-3)26(16-23)39-4/h6-16,19H,5,17-18H2,1-4H3,(H,31,35)/t19-/m1/s1. The van der Waals surface area contributed by atoms with Gasteiger partial charge in [0.2, 0.25) is 11.8 Å². The van der Waals surface area contributed by atoms with E-state index in [0.29, 0.717) is 6.54 Å². The Morgan fingerprint density at radius 1 is 0.950 bits per heavy atom. The van der Waals surface area contributed by atoms with Crippen LogP contribution >= 0.6 is 0 Å². The molecule has 3 rings (SSSR count). The van der Waals surface area contributed by atoms with E-state index in [1.807, 2.05) is 0 Å². The molecule has 0 heterocycles. The maximum absolute atomic E-state index is 14.5. The van der Waals surface area contributed by atoms with Gasteiger partial charge in [0.25, 0.3) is 10.0 Å². The van der Waals surface area contributed by atoms with Gasteiger partial charge in [0.05, 0.1) is 24.8 Å². The number of halogens is 2. The molecule has 0 unspecified atom stereocenters. The molecule has 0 fully saturated rings. The number of sulfonamides is 1. The zero-order valence-electron chi connectivity index (χ0n) is 22.6. The van der Waals surface area contributed by atoms with Gasteiger partial charge in [-0.1, -0.05) is 18.2 Å². The van der Waals surface area contributed by atoms with E-state index >= 15 is 0 Å². The van der Waals surface area contributed by atoms with Gasteiger partial charge in [0.15, 0.2) is 11.5 Å². The SMILES string of the molecule is CCNC(=O)[C@@H](C)N(Cc1ccccc1F)C(=O)CN(c1ccc(F)cc1)S(=O)(=O)c1ccc(OC)c(OC)c1. The van der Waals surface area contributed by atoms with Crippen LogP contribution in [-0.2, 0) is 26.2 Å². The molecule has 12 heteroatoms. The average Bonchev–Trinajstić information content (AvgIpc) is 2.95. The molecule has 3 aromatic carbocycles. The number of methoxy groups -OCH3 is 2. The first-order chi connectivity index (χ1) is 19.0. The Balaban J connectivity index is 2.08. The number of likely N-dealkylation sites (N-methyl/N-ethyl adjacent to an activating group) is 1. The van der Waals surface area contributed by atoms with Crippen LogP contribution < -0.4 is 19.1 Å². The lowest BCUT2D eigenvalue weighted by Crippen LogP contribution is -2.51. The van der Waals surface area contributed by atoms with Crippen LogP contribution in [-0.4, -0.2) is 58.5 Å². The minimum atomic E-state index is -4.44. The molecular formula is C28H31F2N3O6S. The number of benzene rings is 3. The molecular weight excluding hydrogens is 544 g/mol. The summed E-state index contributed by atoms with van der Waals surface area (Å²) in [6, 6.07) is 13.2. The van der Waals surface area contributed by atoms with E-state index in [9.17, 15) is 26.8 Å². The molecule has 0 aliphatic heterocycles. The lowest BCUT2D eigenvalue weighted by Gasteiger charge is -2.32. The Kier molecular flexibility index (Phi) is 10.1. The first-order valence-corrected chi connectivity index (χ1v) is 13.8. The van der Waals surface area contributed by atoms with Crippen molar-refractivity contribution in [3.05, 3.63) is 83.9 Å². The number of amides is 2. The predicted molar refractivity (Wildman–Crippen MR) is 146 cm³/mol. The zero-order chi connectivity index (χ0) is 29.4. The highest BCUT2D eigenvalue weighted by molar-refractivity contribution is 7.92. The highest BCUT2D eigenvalue weighted by atomic mass is 32.2. The summed E-state index contributed by atoms with van der Waals surface area (Å²) < 4.78 is 67.3. The second-order valence-electron chi connectivity index (χ2n) is 8.69. The molecule has 0 radical (unpaired) electrons. The van der Waals surface area contributed by atoms with Crippen molar-refractivity contribution in [3.63, 3.8) is 0 Å². The van der Waals surface area contributed by atoms with Gasteiger partial charge in [-0.25, -0.2) is 17.2 Å². The molecule has 214 valence electrons. The largest absolute Gasteiger partial charge is 0.493 e. The van der Waals surface area contributed by atoms with Gasteiger partial charge in [-0.15, -0.1) is 0 Å². The van der Waals surface area contributed by atoms with Crippen molar-refractivity contribution in [1.82, 2.24) is 10.2 Å². The minimum absolute atomic E-state index is 0.000962. The molecule has 0 bridgehead atoms. The second-order valence-corrected chi connectivity index (χ2v) is 10.6. The van der Waals surface area contributed by atoms with Crippen LogP contribution in [0.4, 0.5) is 14.5 Å². The molecule has 0 aliphatic carbocycles. The molecule has 1 atom stereocenters. The smallest absolute Gasteiger partial charge is 0.264 e. The Morgan fingerprint density at radius 2 is 1.60 bits per heavy atom. The predicted octanol–water partition coefficient (Wildman–Crippen LogP) is 3.73. The molecule has 0 saturated carbocycles. The van der Waals surface area contributed by atoms with Crippen LogP contribution in [0.15, 0.2) is 71.6 Å². The molecule has 0 aromatic heterocycles. The van der Waals surface area contributed by atoms with E-state index in [-0.39, 0.29) is 34.2 Å². The van der Waals surface area contributed by atoms with Crippen molar-refractivity contribution in [1.29, 1.82) is 0 Å². The van der Waals surface area contributed by atoms with Crippen LogP contribution in [0.2, 0.25) is 0 Å². The summed E-state index contributed by atoms with van der Waals surface area (Å²) in [6.07, 6.45) is 0. The van der Waals surface area contributed by atoms with Crippen molar-refractivity contribution < 1.29 is 36.3 Å². The number of carbonyl (C=O) groups is 2.